The molecule has 1 aromatic carbocycles. The van der Waals surface area contributed by atoms with Crippen LogP contribution >= 0.6 is 15.9 Å². The summed E-state index contributed by atoms with van der Waals surface area (Å²) in [5.74, 6) is 0.757. The Hall–Kier alpha value is -1.68. The normalized spacial score (nSPS) is 23.0. The summed E-state index contributed by atoms with van der Waals surface area (Å²) in [6, 6.07) is 10.3. The van der Waals surface area contributed by atoms with Crippen LogP contribution in [0.2, 0.25) is 0 Å². The van der Waals surface area contributed by atoms with Crippen molar-refractivity contribution in [1.29, 1.82) is 0 Å². The van der Waals surface area contributed by atoms with Gasteiger partial charge in [-0.25, -0.2) is 0 Å². The smallest absolute Gasteiger partial charge is 0.230 e. The van der Waals surface area contributed by atoms with Crippen LogP contribution in [0.25, 0.3) is 0 Å². The molecule has 2 aromatic rings. The van der Waals surface area contributed by atoms with E-state index in [1.807, 2.05) is 29.3 Å². The number of carbonyl (C=O) groups excluding carboxylic acids is 1. The van der Waals surface area contributed by atoms with Crippen LogP contribution in [-0.2, 0) is 11.2 Å². The van der Waals surface area contributed by atoms with Crippen molar-refractivity contribution in [2.24, 2.45) is 5.92 Å². The van der Waals surface area contributed by atoms with E-state index in [9.17, 15) is 4.79 Å². The summed E-state index contributed by atoms with van der Waals surface area (Å²) < 4.78 is 1.08. The minimum Gasteiger partial charge on any atom is -0.310 e. The molecule has 106 valence electrons. The predicted octanol–water partition coefficient (Wildman–Crippen LogP) is 3.54. The Kier molecular flexibility index (Phi) is 3.07. The van der Waals surface area contributed by atoms with Crippen LogP contribution in [0, 0.1) is 5.92 Å². The fourth-order valence-corrected chi connectivity index (χ4v) is 3.64. The minimum absolute atomic E-state index is 0.130. The summed E-state index contributed by atoms with van der Waals surface area (Å²) in [7, 11) is 0. The highest BCUT2D eigenvalue weighted by molar-refractivity contribution is 9.10. The topological polar surface area (TPSA) is 33.2 Å². The molecule has 21 heavy (non-hydrogen) atoms. The Morgan fingerprint density at radius 1 is 1.33 bits per heavy atom. The third-order valence-corrected chi connectivity index (χ3v) is 4.93. The van der Waals surface area contributed by atoms with Gasteiger partial charge in [0.15, 0.2) is 0 Å². The van der Waals surface area contributed by atoms with Gasteiger partial charge in [-0.3, -0.25) is 9.78 Å². The standard InChI is InChI=1S/C17H15BrN2O/c18-13-3-1-2-12(8-13)14-9-15(14)17(21)20-7-5-11-4-6-19-10-16(11)20/h1-4,6,8,10,14-15H,5,7,9H2. The second-order valence-corrected chi connectivity index (χ2v) is 6.66. The van der Waals surface area contributed by atoms with Gasteiger partial charge in [-0.05, 0) is 48.1 Å². The molecule has 0 saturated heterocycles. The number of amides is 1. The molecular weight excluding hydrogens is 328 g/mol. The first-order valence-electron chi connectivity index (χ1n) is 7.24. The van der Waals surface area contributed by atoms with Crippen molar-refractivity contribution in [3.8, 4) is 0 Å². The molecule has 2 atom stereocenters. The molecule has 1 fully saturated rings. The van der Waals surface area contributed by atoms with E-state index >= 15 is 0 Å². The Morgan fingerprint density at radius 2 is 2.24 bits per heavy atom. The number of fused-ring (bicyclic) bond motifs is 1. The number of rotatable bonds is 2. The molecule has 4 rings (SSSR count). The van der Waals surface area contributed by atoms with Gasteiger partial charge >= 0.3 is 0 Å². The molecule has 3 nitrogen and oxygen atoms in total. The van der Waals surface area contributed by atoms with Crippen LogP contribution in [0.3, 0.4) is 0 Å². The first kappa shape index (κ1) is 13.0. The molecule has 1 saturated carbocycles. The summed E-state index contributed by atoms with van der Waals surface area (Å²) in [5.41, 5.74) is 3.49. The maximum Gasteiger partial charge on any atom is 0.230 e. The zero-order valence-electron chi connectivity index (χ0n) is 11.5. The number of hydrogen-bond acceptors (Lipinski definition) is 2. The van der Waals surface area contributed by atoms with Gasteiger partial charge in [0.1, 0.15) is 0 Å². The van der Waals surface area contributed by atoms with E-state index in [0.717, 1.165) is 29.5 Å². The van der Waals surface area contributed by atoms with Crippen LogP contribution in [0.15, 0.2) is 47.2 Å². The molecule has 1 aliphatic heterocycles. The fourth-order valence-electron chi connectivity index (χ4n) is 3.22. The van der Waals surface area contributed by atoms with Crippen molar-refractivity contribution in [3.05, 3.63) is 58.3 Å². The summed E-state index contributed by atoms with van der Waals surface area (Å²) in [5, 5.41) is 0. The fraction of sp³-hybridized carbons (Fsp3) is 0.294. The van der Waals surface area contributed by atoms with E-state index in [2.05, 4.69) is 33.0 Å². The Labute approximate surface area is 132 Å². The maximum absolute atomic E-state index is 12.7. The SMILES string of the molecule is O=C(C1CC1c1cccc(Br)c1)N1CCc2ccncc21. The zero-order chi connectivity index (χ0) is 14.4. The first-order valence-corrected chi connectivity index (χ1v) is 8.03. The lowest BCUT2D eigenvalue weighted by Crippen LogP contribution is -2.30. The molecule has 0 spiro atoms. The number of aromatic nitrogens is 1. The Morgan fingerprint density at radius 3 is 3.10 bits per heavy atom. The Balaban J connectivity index is 1.53. The van der Waals surface area contributed by atoms with Gasteiger partial charge in [0, 0.05) is 23.1 Å². The van der Waals surface area contributed by atoms with E-state index in [1.165, 1.54) is 11.1 Å². The van der Waals surface area contributed by atoms with Gasteiger partial charge in [0.05, 0.1) is 11.9 Å². The lowest BCUT2D eigenvalue weighted by Gasteiger charge is -2.17. The molecule has 1 amide bonds. The first-order chi connectivity index (χ1) is 10.2. The summed E-state index contributed by atoms with van der Waals surface area (Å²) in [6.07, 6.45) is 5.52. The van der Waals surface area contributed by atoms with Crippen LogP contribution < -0.4 is 4.90 Å². The van der Waals surface area contributed by atoms with Gasteiger partial charge in [-0.15, -0.1) is 0 Å². The van der Waals surface area contributed by atoms with Crippen LogP contribution in [0.1, 0.15) is 23.5 Å². The van der Waals surface area contributed by atoms with Gasteiger partial charge in [0.25, 0.3) is 0 Å². The van der Waals surface area contributed by atoms with E-state index < -0.39 is 0 Å². The maximum atomic E-state index is 12.7. The van der Waals surface area contributed by atoms with Gasteiger partial charge in [-0.2, -0.15) is 0 Å². The number of nitrogens with zero attached hydrogens (tertiary/aromatic N) is 2. The highest BCUT2D eigenvalue weighted by atomic mass is 79.9. The number of hydrogen-bond donors (Lipinski definition) is 0. The predicted molar refractivity (Wildman–Crippen MR) is 85.3 cm³/mol. The number of benzene rings is 1. The molecule has 2 unspecified atom stereocenters. The van der Waals surface area contributed by atoms with Crippen LogP contribution in [0.5, 0.6) is 0 Å². The molecule has 1 aromatic heterocycles. The molecule has 0 N–H and O–H groups in total. The van der Waals surface area contributed by atoms with E-state index in [1.54, 1.807) is 6.20 Å². The number of carbonyl (C=O) groups is 1. The van der Waals surface area contributed by atoms with Crippen molar-refractivity contribution in [1.82, 2.24) is 4.98 Å². The van der Waals surface area contributed by atoms with Crippen molar-refractivity contribution < 1.29 is 4.79 Å². The lowest BCUT2D eigenvalue weighted by molar-refractivity contribution is -0.119. The molecule has 4 heteroatoms. The monoisotopic (exact) mass is 342 g/mol. The average molecular weight is 343 g/mol. The largest absolute Gasteiger partial charge is 0.310 e. The second-order valence-electron chi connectivity index (χ2n) is 5.75. The van der Waals surface area contributed by atoms with E-state index in [0.29, 0.717) is 5.92 Å². The second kappa shape index (κ2) is 4.95. The van der Waals surface area contributed by atoms with Crippen molar-refractivity contribution in [2.45, 2.75) is 18.8 Å². The molecule has 0 radical (unpaired) electrons. The summed E-state index contributed by atoms with van der Waals surface area (Å²) >= 11 is 3.50. The van der Waals surface area contributed by atoms with Gasteiger partial charge in [0.2, 0.25) is 5.91 Å². The summed E-state index contributed by atoms with van der Waals surface area (Å²) in [4.78, 5) is 18.8. The molecular formula is C17H15BrN2O. The quantitative estimate of drug-likeness (QED) is 0.836. The van der Waals surface area contributed by atoms with Crippen molar-refractivity contribution in [2.75, 3.05) is 11.4 Å². The van der Waals surface area contributed by atoms with E-state index in [-0.39, 0.29) is 11.8 Å². The van der Waals surface area contributed by atoms with Gasteiger partial charge < -0.3 is 4.90 Å². The molecule has 1 aliphatic carbocycles. The van der Waals surface area contributed by atoms with Crippen LogP contribution in [-0.4, -0.2) is 17.4 Å². The molecule has 2 aliphatic rings. The highest BCUT2D eigenvalue weighted by Gasteiger charge is 2.46. The zero-order valence-corrected chi connectivity index (χ0v) is 13.1. The van der Waals surface area contributed by atoms with Gasteiger partial charge in [-0.1, -0.05) is 28.1 Å². The number of halogens is 1. The average Bonchev–Trinajstić information content (AvgIpc) is 3.19. The van der Waals surface area contributed by atoms with Crippen LogP contribution in [0.4, 0.5) is 5.69 Å². The van der Waals surface area contributed by atoms with Crippen molar-refractivity contribution >= 4 is 27.5 Å². The van der Waals surface area contributed by atoms with Crippen molar-refractivity contribution in [3.63, 3.8) is 0 Å². The minimum atomic E-state index is 0.130. The lowest BCUT2D eigenvalue weighted by atomic mass is 10.1. The number of pyridine rings is 1. The van der Waals surface area contributed by atoms with E-state index in [4.69, 9.17) is 0 Å². The molecule has 2 heterocycles. The highest BCUT2D eigenvalue weighted by Crippen LogP contribution is 2.49. The Bertz CT molecular complexity index is 715. The summed E-state index contributed by atoms with van der Waals surface area (Å²) in [6.45, 7) is 0.793. The third-order valence-electron chi connectivity index (χ3n) is 4.43. The number of anilines is 1. The third kappa shape index (κ3) is 2.27. The molecule has 0 bridgehead atoms.